The number of halogens is 6. The summed E-state index contributed by atoms with van der Waals surface area (Å²) in [6, 6.07) is 4.66. The number of carbonyl (C=O) groups is 2. The smallest absolute Gasteiger partial charge is 0.379 e. The number of benzene rings is 2. The number of amides is 2. The highest BCUT2D eigenvalue weighted by atomic mass is 32.2. The lowest BCUT2D eigenvalue weighted by atomic mass is 10.1. The standard InChI is InChI=1S/C19H15F6N3O7S/c1-17(31,15(29)27-11-4-7-14(28(32)33)13(8-11)18(20,21)22)9-36(34,35)12-5-2-10(3-6-12)26-16(30)19(23,24)25/h2-8,31H,9H2,1H3,(H,26,30)(H,27,29)/t17-/m0/s1. The molecule has 2 amide bonds. The highest BCUT2D eigenvalue weighted by Gasteiger charge is 2.41. The molecule has 2 rings (SSSR count). The van der Waals surface area contributed by atoms with Crippen LogP contribution in [-0.4, -0.2) is 47.8 Å². The molecule has 2 aromatic rings. The number of nitrogens with zero attached hydrogens (tertiary/aromatic N) is 1. The van der Waals surface area contributed by atoms with Gasteiger partial charge in [0.05, 0.1) is 15.6 Å². The molecule has 0 fully saturated rings. The Kier molecular flexibility index (Phi) is 7.70. The van der Waals surface area contributed by atoms with Crippen LogP contribution < -0.4 is 10.6 Å². The number of alkyl halides is 6. The maximum absolute atomic E-state index is 13.1. The second kappa shape index (κ2) is 9.73. The van der Waals surface area contributed by atoms with Crippen molar-refractivity contribution in [1.82, 2.24) is 0 Å². The van der Waals surface area contributed by atoms with Crippen molar-refractivity contribution in [2.45, 2.75) is 29.8 Å². The Hall–Kier alpha value is -3.73. The van der Waals surface area contributed by atoms with Crippen LogP contribution >= 0.6 is 0 Å². The van der Waals surface area contributed by atoms with Crippen molar-refractivity contribution < 1.29 is 54.4 Å². The van der Waals surface area contributed by atoms with Crippen molar-refractivity contribution >= 4 is 38.7 Å². The van der Waals surface area contributed by atoms with Gasteiger partial charge in [-0.15, -0.1) is 0 Å². The number of nitrogens with one attached hydrogen (secondary N) is 2. The van der Waals surface area contributed by atoms with Crippen LogP contribution in [-0.2, 0) is 25.6 Å². The second-order valence-corrected chi connectivity index (χ2v) is 9.44. The van der Waals surface area contributed by atoms with E-state index < -0.39 is 77.8 Å². The molecule has 0 aliphatic heterocycles. The fourth-order valence-corrected chi connectivity index (χ4v) is 4.32. The normalized spacial score (nSPS) is 14.0. The predicted molar refractivity (Wildman–Crippen MR) is 111 cm³/mol. The number of anilines is 2. The van der Waals surface area contributed by atoms with E-state index >= 15 is 0 Å². The van der Waals surface area contributed by atoms with Gasteiger partial charge in [0, 0.05) is 17.4 Å². The van der Waals surface area contributed by atoms with E-state index in [2.05, 4.69) is 0 Å². The number of aliphatic hydroxyl groups is 1. The molecule has 0 aliphatic carbocycles. The lowest BCUT2D eigenvalue weighted by molar-refractivity contribution is -0.388. The lowest BCUT2D eigenvalue weighted by Crippen LogP contribution is -2.45. The Balaban J connectivity index is 2.21. The van der Waals surface area contributed by atoms with Gasteiger partial charge >= 0.3 is 18.3 Å². The highest BCUT2D eigenvalue weighted by molar-refractivity contribution is 7.91. The average molecular weight is 543 g/mol. The van der Waals surface area contributed by atoms with Crippen molar-refractivity contribution in [3.8, 4) is 0 Å². The average Bonchev–Trinajstić information content (AvgIpc) is 2.71. The van der Waals surface area contributed by atoms with Gasteiger partial charge in [0.2, 0.25) is 0 Å². The van der Waals surface area contributed by atoms with Gasteiger partial charge in [0.1, 0.15) is 5.56 Å². The van der Waals surface area contributed by atoms with Gasteiger partial charge in [-0.2, -0.15) is 26.3 Å². The monoisotopic (exact) mass is 543 g/mol. The summed E-state index contributed by atoms with van der Waals surface area (Å²) in [6.07, 6.45) is -10.4. The molecule has 3 N–H and O–H groups in total. The van der Waals surface area contributed by atoms with E-state index in [1.807, 2.05) is 5.32 Å². The molecule has 36 heavy (non-hydrogen) atoms. The summed E-state index contributed by atoms with van der Waals surface area (Å²) >= 11 is 0. The molecular weight excluding hydrogens is 528 g/mol. The van der Waals surface area contributed by atoms with Gasteiger partial charge in [-0.25, -0.2) is 8.42 Å². The molecule has 0 aliphatic rings. The third kappa shape index (κ3) is 6.91. The van der Waals surface area contributed by atoms with Crippen molar-refractivity contribution in [2.75, 3.05) is 16.4 Å². The first-order valence-corrected chi connectivity index (χ1v) is 11.0. The molecule has 0 bridgehead atoms. The van der Waals surface area contributed by atoms with Crippen LogP contribution in [0.5, 0.6) is 0 Å². The van der Waals surface area contributed by atoms with E-state index in [0.717, 1.165) is 37.3 Å². The minimum atomic E-state index is -5.19. The van der Waals surface area contributed by atoms with Crippen LogP contribution in [0.25, 0.3) is 0 Å². The number of sulfone groups is 1. The Morgan fingerprint density at radius 2 is 1.44 bits per heavy atom. The number of carbonyl (C=O) groups excluding carboxylic acids is 2. The fourth-order valence-electron chi connectivity index (χ4n) is 2.73. The van der Waals surface area contributed by atoms with Crippen molar-refractivity contribution in [3.63, 3.8) is 0 Å². The van der Waals surface area contributed by atoms with Gasteiger partial charge < -0.3 is 15.7 Å². The summed E-state index contributed by atoms with van der Waals surface area (Å²) in [5, 5.41) is 24.5. The fraction of sp³-hybridized carbons (Fsp3) is 0.263. The first kappa shape index (κ1) is 28.5. The molecule has 1 atom stereocenters. The molecule has 0 unspecified atom stereocenters. The molecule has 10 nitrogen and oxygen atoms in total. The summed E-state index contributed by atoms with van der Waals surface area (Å²) in [5.41, 5.74) is -6.76. The molecule has 17 heteroatoms. The molecule has 0 spiro atoms. The zero-order valence-corrected chi connectivity index (χ0v) is 18.6. The van der Waals surface area contributed by atoms with E-state index in [1.54, 1.807) is 0 Å². The Morgan fingerprint density at radius 1 is 0.944 bits per heavy atom. The van der Waals surface area contributed by atoms with Crippen molar-refractivity contribution in [1.29, 1.82) is 0 Å². The number of hydrogen-bond acceptors (Lipinski definition) is 7. The molecule has 0 saturated carbocycles. The van der Waals surface area contributed by atoms with Gasteiger partial charge in [0.15, 0.2) is 15.4 Å². The maximum atomic E-state index is 13.1. The summed E-state index contributed by atoms with van der Waals surface area (Å²) in [5.74, 6) is -5.08. The van der Waals surface area contributed by atoms with Gasteiger partial charge in [-0.05, 0) is 43.3 Å². The van der Waals surface area contributed by atoms with E-state index in [1.165, 1.54) is 5.32 Å². The zero-order valence-electron chi connectivity index (χ0n) is 17.8. The predicted octanol–water partition coefficient (Wildman–Crippen LogP) is 3.28. The Bertz CT molecular complexity index is 1290. The Labute approximate surface area is 198 Å². The molecule has 0 heterocycles. The zero-order chi connectivity index (χ0) is 27.7. The summed E-state index contributed by atoms with van der Waals surface area (Å²) in [4.78, 5) is 32.3. The van der Waals surface area contributed by atoms with Crippen LogP contribution in [0.3, 0.4) is 0 Å². The first-order chi connectivity index (χ1) is 16.2. The summed E-state index contributed by atoms with van der Waals surface area (Å²) < 4.78 is 101. The topological polar surface area (TPSA) is 156 Å². The minimum Gasteiger partial charge on any atom is -0.379 e. The van der Waals surface area contributed by atoms with Crippen LogP contribution in [0.1, 0.15) is 12.5 Å². The van der Waals surface area contributed by atoms with Gasteiger partial charge in [-0.3, -0.25) is 19.7 Å². The lowest BCUT2D eigenvalue weighted by Gasteiger charge is -2.22. The Morgan fingerprint density at radius 3 is 1.92 bits per heavy atom. The summed E-state index contributed by atoms with van der Waals surface area (Å²) in [7, 11) is -4.49. The molecule has 0 saturated heterocycles. The van der Waals surface area contributed by atoms with Gasteiger partial charge in [0.25, 0.3) is 11.6 Å². The molecule has 2 aromatic carbocycles. The van der Waals surface area contributed by atoms with Crippen LogP contribution in [0, 0.1) is 10.1 Å². The quantitative estimate of drug-likeness (QED) is 0.275. The van der Waals surface area contributed by atoms with E-state index in [-0.39, 0.29) is 6.07 Å². The van der Waals surface area contributed by atoms with Crippen LogP contribution in [0.2, 0.25) is 0 Å². The minimum absolute atomic E-state index is 0.231. The third-order valence-electron chi connectivity index (χ3n) is 4.45. The molecular formula is C19H15F6N3O7S. The molecule has 196 valence electrons. The SMILES string of the molecule is C[C@](O)(CS(=O)(=O)c1ccc(NC(=O)C(F)(F)F)cc1)C(=O)Nc1ccc([N+](=O)[O-])c(C(F)(F)F)c1. The molecule has 0 aromatic heterocycles. The molecule has 0 radical (unpaired) electrons. The third-order valence-corrected chi connectivity index (χ3v) is 6.38. The van der Waals surface area contributed by atoms with E-state index in [4.69, 9.17) is 0 Å². The number of nitro groups is 1. The second-order valence-electron chi connectivity index (χ2n) is 7.45. The van der Waals surface area contributed by atoms with Crippen LogP contribution in [0.15, 0.2) is 47.4 Å². The van der Waals surface area contributed by atoms with Crippen molar-refractivity contribution in [2.24, 2.45) is 0 Å². The maximum Gasteiger partial charge on any atom is 0.471 e. The van der Waals surface area contributed by atoms with E-state index in [0.29, 0.717) is 6.07 Å². The van der Waals surface area contributed by atoms with Gasteiger partial charge in [-0.1, -0.05) is 0 Å². The summed E-state index contributed by atoms with van der Waals surface area (Å²) in [6.45, 7) is 0.730. The van der Waals surface area contributed by atoms with E-state index in [9.17, 15) is 59.6 Å². The number of hydrogen-bond donors (Lipinski definition) is 3. The number of rotatable bonds is 7. The van der Waals surface area contributed by atoms with Crippen LogP contribution in [0.4, 0.5) is 43.4 Å². The van der Waals surface area contributed by atoms with Crippen molar-refractivity contribution in [3.05, 3.63) is 58.1 Å². The number of nitro benzene ring substituents is 1. The first-order valence-electron chi connectivity index (χ1n) is 9.34. The largest absolute Gasteiger partial charge is 0.471 e. The highest BCUT2D eigenvalue weighted by Crippen LogP contribution is 2.37.